The monoisotopic (exact) mass is 310 g/mol. The summed E-state index contributed by atoms with van der Waals surface area (Å²) >= 11 is 1.81. The zero-order valence-corrected chi connectivity index (χ0v) is 14.0. The van der Waals surface area contributed by atoms with E-state index in [9.17, 15) is 4.79 Å². The molecule has 0 aliphatic carbocycles. The molecule has 1 aromatic heterocycles. The molecule has 2 heterocycles. The van der Waals surface area contributed by atoms with Gasteiger partial charge in [-0.2, -0.15) is 0 Å². The third-order valence-electron chi connectivity index (χ3n) is 3.95. The molecule has 0 bridgehead atoms. The van der Waals surface area contributed by atoms with Crippen molar-refractivity contribution in [3.63, 3.8) is 0 Å². The van der Waals surface area contributed by atoms with Crippen LogP contribution in [0.5, 0.6) is 0 Å². The number of thiophene rings is 1. The van der Waals surface area contributed by atoms with Gasteiger partial charge in [-0.3, -0.25) is 0 Å². The topological polar surface area (TPSA) is 41.6 Å². The molecule has 1 aromatic rings. The van der Waals surface area contributed by atoms with Crippen LogP contribution in [0.2, 0.25) is 0 Å². The highest BCUT2D eigenvalue weighted by atomic mass is 32.1. The van der Waals surface area contributed by atoms with E-state index < -0.39 is 0 Å². The molecule has 1 fully saturated rings. The molecular formula is C16H26N2O2S. The predicted molar refractivity (Wildman–Crippen MR) is 86.7 cm³/mol. The van der Waals surface area contributed by atoms with Gasteiger partial charge in [0.05, 0.1) is 6.61 Å². The van der Waals surface area contributed by atoms with E-state index in [0.717, 1.165) is 25.9 Å². The Kier molecular flexibility index (Phi) is 6.06. The quantitative estimate of drug-likeness (QED) is 0.902. The summed E-state index contributed by atoms with van der Waals surface area (Å²) in [5, 5.41) is 5.92. The van der Waals surface area contributed by atoms with Gasteiger partial charge in [0.25, 0.3) is 0 Å². The molecular weight excluding hydrogens is 284 g/mol. The summed E-state index contributed by atoms with van der Waals surface area (Å²) in [5.41, 5.74) is 0. The number of rotatable bonds is 5. The van der Waals surface area contributed by atoms with Gasteiger partial charge in [0.15, 0.2) is 0 Å². The number of nitrogens with zero attached hydrogens (tertiary/aromatic N) is 1. The van der Waals surface area contributed by atoms with E-state index in [1.54, 1.807) is 0 Å². The molecule has 118 valence electrons. The Morgan fingerprint density at radius 1 is 1.48 bits per heavy atom. The molecule has 2 rings (SSSR count). The molecule has 1 aliphatic heterocycles. The first kappa shape index (κ1) is 16.3. The van der Waals surface area contributed by atoms with Gasteiger partial charge in [0, 0.05) is 30.1 Å². The Balaban J connectivity index is 1.86. The maximum atomic E-state index is 11.7. The zero-order chi connectivity index (χ0) is 15.2. The standard InChI is InChI=1S/C16H26N2O2S/c1-4-20-16(19)18-9-7-13(8-10-18)17-15(12(2)3)14-6-5-11-21-14/h5-6,11-13,15,17H,4,7-10H2,1-3H3. The summed E-state index contributed by atoms with van der Waals surface area (Å²) in [6, 6.07) is 5.20. The van der Waals surface area contributed by atoms with Crippen LogP contribution in [0.15, 0.2) is 17.5 Å². The van der Waals surface area contributed by atoms with Crippen LogP contribution in [0.3, 0.4) is 0 Å². The first-order chi connectivity index (χ1) is 10.1. The first-order valence-corrected chi connectivity index (χ1v) is 8.71. The number of amides is 1. The van der Waals surface area contributed by atoms with E-state index >= 15 is 0 Å². The van der Waals surface area contributed by atoms with Gasteiger partial charge in [0.1, 0.15) is 0 Å². The summed E-state index contributed by atoms with van der Waals surface area (Å²) < 4.78 is 5.06. The third kappa shape index (κ3) is 4.45. The Bertz CT molecular complexity index is 425. The van der Waals surface area contributed by atoms with Crippen LogP contribution in [0.1, 0.15) is 44.5 Å². The van der Waals surface area contributed by atoms with Crippen molar-refractivity contribution in [3.05, 3.63) is 22.4 Å². The summed E-state index contributed by atoms with van der Waals surface area (Å²) in [6.07, 6.45) is 1.82. The summed E-state index contributed by atoms with van der Waals surface area (Å²) in [6.45, 7) is 8.37. The first-order valence-electron chi connectivity index (χ1n) is 7.83. The molecule has 21 heavy (non-hydrogen) atoms. The van der Waals surface area contributed by atoms with Gasteiger partial charge in [-0.05, 0) is 37.1 Å². The summed E-state index contributed by atoms with van der Waals surface area (Å²) in [5.74, 6) is 0.562. The van der Waals surface area contributed by atoms with Gasteiger partial charge in [-0.25, -0.2) is 4.79 Å². The number of ether oxygens (including phenoxy) is 1. The maximum absolute atomic E-state index is 11.7. The molecule has 5 heteroatoms. The second-order valence-corrected chi connectivity index (χ2v) is 6.84. The molecule has 0 aromatic carbocycles. The minimum absolute atomic E-state index is 0.172. The number of hydrogen-bond acceptors (Lipinski definition) is 4. The molecule has 0 saturated carbocycles. The normalized spacial score (nSPS) is 18.0. The van der Waals surface area contributed by atoms with Crippen molar-refractivity contribution in [2.24, 2.45) is 5.92 Å². The average Bonchev–Trinajstić information content (AvgIpc) is 2.99. The van der Waals surface area contributed by atoms with Crippen LogP contribution in [0.25, 0.3) is 0 Å². The number of hydrogen-bond donors (Lipinski definition) is 1. The minimum atomic E-state index is -0.172. The predicted octanol–water partition coefficient (Wildman–Crippen LogP) is 3.66. The van der Waals surface area contributed by atoms with E-state index in [1.807, 2.05) is 23.2 Å². The van der Waals surface area contributed by atoms with E-state index in [0.29, 0.717) is 24.6 Å². The Hall–Kier alpha value is -1.07. The Morgan fingerprint density at radius 3 is 2.71 bits per heavy atom. The highest BCUT2D eigenvalue weighted by Gasteiger charge is 2.26. The van der Waals surface area contributed by atoms with Gasteiger partial charge in [-0.15, -0.1) is 11.3 Å². The SMILES string of the molecule is CCOC(=O)N1CCC(NC(c2cccs2)C(C)C)CC1. The second kappa shape index (κ2) is 7.80. The van der Waals surface area contributed by atoms with Gasteiger partial charge < -0.3 is 15.0 Å². The molecule has 0 spiro atoms. The van der Waals surface area contributed by atoms with Crippen molar-refractivity contribution in [1.82, 2.24) is 10.2 Å². The van der Waals surface area contributed by atoms with Crippen LogP contribution >= 0.6 is 11.3 Å². The number of carbonyl (C=O) groups excluding carboxylic acids is 1. The van der Waals surface area contributed by atoms with Crippen molar-refractivity contribution in [3.8, 4) is 0 Å². The Labute approximate surface area is 131 Å². The van der Waals surface area contributed by atoms with E-state index in [-0.39, 0.29) is 6.09 Å². The van der Waals surface area contributed by atoms with Gasteiger partial charge >= 0.3 is 6.09 Å². The number of carbonyl (C=O) groups is 1. The lowest BCUT2D eigenvalue weighted by Crippen LogP contribution is -2.46. The fourth-order valence-corrected chi connectivity index (χ4v) is 3.73. The van der Waals surface area contributed by atoms with Gasteiger partial charge in [-0.1, -0.05) is 19.9 Å². The van der Waals surface area contributed by atoms with Crippen LogP contribution in [0.4, 0.5) is 4.79 Å². The fourth-order valence-electron chi connectivity index (χ4n) is 2.77. The van der Waals surface area contributed by atoms with E-state index in [1.165, 1.54) is 4.88 Å². The van der Waals surface area contributed by atoms with Crippen LogP contribution in [-0.4, -0.2) is 36.7 Å². The molecule has 1 atom stereocenters. The van der Waals surface area contributed by atoms with Crippen molar-refractivity contribution in [1.29, 1.82) is 0 Å². The number of likely N-dealkylation sites (tertiary alicyclic amines) is 1. The molecule has 1 amide bonds. The number of piperidine rings is 1. The van der Waals surface area contributed by atoms with Crippen LogP contribution < -0.4 is 5.32 Å². The van der Waals surface area contributed by atoms with Crippen molar-refractivity contribution in [2.45, 2.75) is 45.7 Å². The molecule has 4 nitrogen and oxygen atoms in total. The molecule has 1 aliphatic rings. The second-order valence-electron chi connectivity index (χ2n) is 5.86. The van der Waals surface area contributed by atoms with Crippen LogP contribution in [-0.2, 0) is 4.74 Å². The average molecular weight is 310 g/mol. The maximum Gasteiger partial charge on any atom is 0.409 e. The van der Waals surface area contributed by atoms with E-state index in [4.69, 9.17) is 4.74 Å². The molecule has 1 N–H and O–H groups in total. The minimum Gasteiger partial charge on any atom is -0.450 e. The lowest BCUT2D eigenvalue weighted by atomic mass is 9.98. The van der Waals surface area contributed by atoms with Crippen LogP contribution in [0, 0.1) is 5.92 Å². The summed E-state index contributed by atoms with van der Waals surface area (Å²) in [4.78, 5) is 14.9. The lowest BCUT2D eigenvalue weighted by Gasteiger charge is -2.34. The number of nitrogens with one attached hydrogen (secondary N) is 1. The Morgan fingerprint density at radius 2 is 2.19 bits per heavy atom. The highest BCUT2D eigenvalue weighted by molar-refractivity contribution is 7.10. The van der Waals surface area contributed by atoms with Gasteiger partial charge in [0.2, 0.25) is 0 Å². The van der Waals surface area contributed by atoms with Crippen molar-refractivity contribution >= 4 is 17.4 Å². The molecule has 0 radical (unpaired) electrons. The zero-order valence-electron chi connectivity index (χ0n) is 13.2. The smallest absolute Gasteiger partial charge is 0.409 e. The molecule has 1 saturated heterocycles. The third-order valence-corrected chi connectivity index (χ3v) is 4.91. The fraction of sp³-hybridized carbons (Fsp3) is 0.688. The highest BCUT2D eigenvalue weighted by Crippen LogP contribution is 2.27. The van der Waals surface area contributed by atoms with Crippen molar-refractivity contribution in [2.75, 3.05) is 19.7 Å². The largest absolute Gasteiger partial charge is 0.450 e. The van der Waals surface area contributed by atoms with Crippen molar-refractivity contribution < 1.29 is 9.53 Å². The summed E-state index contributed by atoms with van der Waals surface area (Å²) in [7, 11) is 0. The molecule has 1 unspecified atom stereocenters. The van der Waals surface area contributed by atoms with E-state index in [2.05, 4.69) is 36.7 Å². The lowest BCUT2D eigenvalue weighted by molar-refractivity contribution is 0.0935.